The van der Waals surface area contributed by atoms with Crippen LogP contribution in [0.2, 0.25) is 0 Å². The molecule has 0 bridgehead atoms. The predicted octanol–water partition coefficient (Wildman–Crippen LogP) is 2.42. The molecule has 9 heteroatoms. The minimum Gasteiger partial charge on any atom is -0.496 e. The topological polar surface area (TPSA) is 107 Å². The zero-order valence-corrected chi connectivity index (χ0v) is 16.5. The van der Waals surface area contributed by atoms with E-state index in [9.17, 15) is 9.59 Å². The molecule has 2 heterocycles. The first-order valence-corrected chi connectivity index (χ1v) is 9.42. The number of benzene rings is 2. The van der Waals surface area contributed by atoms with E-state index in [1.165, 1.54) is 0 Å². The number of rotatable bonds is 6. The molecule has 0 atom stereocenters. The summed E-state index contributed by atoms with van der Waals surface area (Å²) in [5.74, 6) is 0.759. The highest BCUT2D eigenvalue weighted by Gasteiger charge is 2.25. The summed E-state index contributed by atoms with van der Waals surface area (Å²) in [5.41, 5.74) is 2.14. The fourth-order valence-electron chi connectivity index (χ4n) is 3.22. The molecule has 30 heavy (non-hydrogen) atoms. The Bertz CT molecular complexity index is 1090. The Morgan fingerprint density at radius 1 is 1.27 bits per heavy atom. The van der Waals surface area contributed by atoms with Gasteiger partial charge in [0.15, 0.2) is 6.61 Å². The summed E-state index contributed by atoms with van der Waals surface area (Å²) in [6.07, 6.45) is 0. The van der Waals surface area contributed by atoms with E-state index in [0.717, 1.165) is 5.56 Å². The number of carbonyl (C=O) groups is 2. The first kappa shape index (κ1) is 19.4. The number of aromatic nitrogens is 2. The summed E-state index contributed by atoms with van der Waals surface area (Å²) in [4.78, 5) is 30.2. The minimum atomic E-state index is -0.489. The van der Waals surface area contributed by atoms with E-state index < -0.39 is 5.91 Å². The molecule has 2 aromatic carbocycles. The van der Waals surface area contributed by atoms with Gasteiger partial charge in [-0.1, -0.05) is 23.4 Å². The Labute approximate surface area is 172 Å². The number of amides is 2. The molecule has 9 nitrogen and oxygen atoms in total. The summed E-state index contributed by atoms with van der Waals surface area (Å²) < 4.78 is 15.9. The molecule has 0 fully saturated rings. The number of anilines is 1. The molecule has 0 spiro atoms. The Hall–Kier alpha value is -3.88. The van der Waals surface area contributed by atoms with E-state index in [-0.39, 0.29) is 30.8 Å². The van der Waals surface area contributed by atoms with Crippen LogP contribution in [0.3, 0.4) is 0 Å². The van der Waals surface area contributed by atoms with Gasteiger partial charge in [0.2, 0.25) is 5.82 Å². The van der Waals surface area contributed by atoms with Gasteiger partial charge >= 0.3 is 11.8 Å². The van der Waals surface area contributed by atoms with Crippen molar-refractivity contribution in [2.45, 2.75) is 13.5 Å². The number of nitrogens with zero attached hydrogens (tertiary/aromatic N) is 3. The number of fused-ring (bicyclic) bond motifs is 1. The maximum Gasteiger partial charge on any atom is 0.316 e. The van der Waals surface area contributed by atoms with Crippen molar-refractivity contribution in [2.24, 2.45) is 0 Å². The van der Waals surface area contributed by atoms with Crippen LogP contribution in [0.4, 0.5) is 5.69 Å². The van der Waals surface area contributed by atoms with Crippen LogP contribution in [0.5, 0.6) is 11.5 Å². The Balaban J connectivity index is 1.49. The van der Waals surface area contributed by atoms with Gasteiger partial charge in [0.1, 0.15) is 11.5 Å². The predicted molar refractivity (Wildman–Crippen MR) is 107 cm³/mol. The van der Waals surface area contributed by atoms with Crippen molar-refractivity contribution in [3.8, 4) is 22.9 Å². The Kier molecular flexibility index (Phi) is 5.34. The zero-order chi connectivity index (χ0) is 21.1. The van der Waals surface area contributed by atoms with Crippen molar-refractivity contribution in [2.75, 3.05) is 25.2 Å². The summed E-state index contributed by atoms with van der Waals surface area (Å²) in [6.45, 7) is 2.69. The summed E-state index contributed by atoms with van der Waals surface area (Å²) in [7, 11) is 1.57. The van der Waals surface area contributed by atoms with Crippen molar-refractivity contribution in [3.63, 3.8) is 0 Å². The van der Waals surface area contributed by atoms with Crippen LogP contribution in [-0.2, 0) is 11.3 Å². The van der Waals surface area contributed by atoms with Crippen molar-refractivity contribution in [1.82, 2.24) is 15.5 Å². The third-order valence-electron chi connectivity index (χ3n) is 4.73. The summed E-state index contributed by atoms with van der Waals surface area (Å²) in [6, 6.07) is 12.6. The minimum absolute atomic E-state index is 0.0207. The fraction of sp³-hybridized carbons (Fsp3) is 0.238. The molecule has 0 saturated heterocycles. The Morgan fingerprint density at radius 2 is 2.10 bits per heavy atom. The number of para-hydroxylation sites is 1. The van der Waals surface area contributed by atoms with E-state index in [1.807, 2.05) is 31.2 Å². The maximum atomic E-state index is 12.4. The molecule has 0 saturated carbocycles. The standard InChI is InChI=1S/C21H20N4O5/c1-3-25-15-9-8-13(10-17(15)29-12-18(25)26)19-23-21(30-24-19)20(27)22-11-14-6-4-5-7-16(14)28-2/h4-10H,3,11-12H2,1-2H3,(H,22,27). The second-order valence-corrected chi connectivity index (χ2v) is 6.53. The normalized spacial score (nSPS) is 12.9. The van der Waals surface area contributed by atoms with E-state index in [2.05, 4.69) is 15.5 Å². The van der Waals surface area contributed by atoms with E-state index in [4.69, 9.17) is 14.0 Å². The molecule has 0 unspecified atom stereocenters. The molecule has 3 aromatic rings. The molecule has 1 N–H and O–H groups in total. The van der Waals surface area contributed by atoms with Gasteiger partial charge < -0.3 is 24.2 Å². The molecule has 1 aliphatic rings. The smallest absolute Gasteiger partial charge is 0.316 e. The van der Waals surface area contributed by atoms with Crippen LogP contribution >= 0.6 is 0 Å². The molecule has 4 rings (SSSR count). The van der Waals surface area contributed by atoms with Gasteiger partial charge in [-0.2, -0.15) is 4.98 Å². The number of likely N-dealkylation sites (N-methyl/N-ethyl adjacent to an activating group) is 1. The number of hydrogen-bond donors (Lipinski definition) is 1. The number of ether oxygens (including phenoxy) is 2. The van der Waals surface area contributed by atoms with Crippen molar-refractivity contribution >= 4 is 17.5 Å². The third-order valence-corrected chi connectivity index (χ3v) is 4.73. The molecule has 0 aliphatic carbocycles. The quantitative estimate of drug-likeness (QED) is 0.667. The molecule has 154 valence electrons. The highest BCUT2D eigenvalue weighted by molar-refractivity contribution is 5.98. The average molecular weight is 408 g/mol. The van der Waals surface area contributed by atoms with Gasteiger partial charge in [-0.3, -0.25) is 9.59 Å². The number of hydrogen-bond acceptors (Lipinski definition) is 7. The molecule has 2 amide bonds. The Morgan fingerprint density at radius 3 is 2.90 bits per heavy atom. The summed E-state index contributed by atoms with van der Waals surface area (Å²) in [5, 5.41) is 6.63. The lowest BCUT2D eigenvalue weighted by atomic mass is 10.1. The highest BCUT2D eigenvalue weighted by atomic mass is 16.5. The summed E-state index contributed by atoms with van der Waals surface area (Å²) >= 11 is 0. The van der Waals surface area contributed by atoms with Crippen LogP contribution in [-0.4, -0.2) is 42.2 Å². The number of methoxy groups -OCH3 is 1. The van der Waals surface area contributed by atoms with Crippen molar-refractivity contribution in [1.29, 1.82) is 0 Å². The second kappa shape index (κ2) is 8.24. The van der Waals surface area contributed by atoms with E-state index >= 15 is 0 Å². The van der Waals surface area contributed by atoms with Gasteiger partial charge in [-0.15, -0.1) is 0 Å². The van der Waals surface area contributed by atoms with Crippen LogP contribution in [0, 0.1) is 0 Å². The first-order chi connectivity index (χ1) is 14.6. The highest BCUT2D eigenvalue weighted by Crippen LogP contribution is 2.35. The lowest BCUT2D eigenvalue weighted by Crippen LogP contribution is -2.38. The van der Waals surface area contributed by atoms with Gasteiger partial charge in [0.25, 0.3) is 5.91 Å². The van der Waals surface area contributed by atoms with Crippen molar-refractivity contribution < 1.29 is 23.6 Å². The van der Waals surface area contributed by atoms with Crippen LogP contribution in [0.15, 0.2) is 47.0 Å². The van der Waals surface area contributed by atoms with Crippen molar-refractivity contribution in [3.05, 3.63) is 53.9 Å². The molecule has 1 aromatic heterocycles. The van der Waals surface area contributed by atoms with Gasteiger partial charge in [-0.25, -0.2) is 0 Å². The maximum absolute atomic E-state index is 12.4. The monoisotopic (exact) mass is 408 g/mol. The van der Waals surface area contributed by atoms with E-state index in [1.54, 1.807) is 30.2 Å². The van der Waals surface area contributed by atoms with Gasteiger partial charge in [0.05, 0.1) is 12.8 Å². The first-order valence-electron chi connectivity index (χ1n) is 9.42. The molecule has 1 aliphatic heterocycles. The SMILES string of the molecule is CCN1C(=O)COc2cc(-c3noc(C(=O)NCc4ccccc4OC)n3)ccc21. The van der Waals surface area contributed by atoms with Crippen LogP contribution < -0.4 is 19.7 Å². The lowest BCUT2D eigenvalue weighted by Gasteiger charge is -2.28. The fourth-order valence-corrected chi connectivity index (χ4v) is 3.22. The largest absolute Gasteiger partial charge is 0.496 e. The number of carbonyl (C=O) groups excluding carboxylic acids is 2. The van der Waals surface area contributed by atoms with Gasteiger partial charge in [-0.05, 0) is 31.2 Å². The third kappa shape index (κ3) is 3.69. The van der Waals surface area contributed by atoms with E-state index in [0.29, 0.717) is 29.3 Å². The average Bonchev–Trinajstić information content (AvgIpc) is 3.28. The zero-order valence-electron chi connectivity index (χ0n) is 16.5. The van der Waals surface area contributed by atoms with Gasteiger partial charge in [0, 0.05) is 24.2 Å². The molecular weight excluding hydrogens is 388 g/mol. The number of nitrogens with one attached hydrogen (secondary N) is 1. The lowest BCUT2D eigenvalue weighted by molar-refractivity contribution is -0.121. The van der Waals surface area contributed by atoms with Crippen LogP contribution in [0.1, 0.15) is 23.2 Å². The molecule has 0 radical (unpaired) electrons. The molecular formula is C21H20N4O5. The van der Waals surface area contributed by atoms with Crippen LogP contribution in [0.25, 0.3) is 11.4 Å². The second-order valence-electron chi connectivity index (χ2n) is 6.53.